The molecule has 1 N–H and O–H groups in total. The molecule has 110 valence electrons. The van der Waals surface area contributed by atoms with Gasteiger partial charge >= 0.3 is 5.97 Å². The van der Waals surface area contributed by atoms with E-state index in [0.29, 0.717) is 0 Å². The molecule has 3 atom stereocenters. The van der Waals surface area contributed by atoms with E-state index in [1.165, 1.54) is 11.3 Å². The number of fused-ring (bicyclic) bond motifs is 1. The molecule has 2 saturated heterocycles. The van der Waals surface area contributed by atoms with Crippen molar-refractivity contribution < 1.29 is 9.90 Å². The number of carboxylic acids is 1. The van der Waals surface area contributed by atoms with Gasteiger partial charge in [0.05, 0.1) is 12.1 Å². The van der Waals surface area contributed by atoms with E-state index in [9.17, 15) is 9.90 Å². The molecule has 0 saturated carbocycles. The number of hydrogen-bond donors (Lipinski definition) is 1. The summed E-state index contributed by atoms with van der Waals surface area (Å²) in [6, 6.07) is 0.161. The van der Waals surface area contributed by atoms with Gasteiger partial charge in [-0.15, -0.1) is 0 Å². The van der Waals surface area contributed by atoms with Crippen LogP contribution in [0.2, 0.25) is 0 Å². The van der Waals surface area contributed by atoms with Crippen LogP contribution in [0.3, 0.4) is 0 Å². The lowest BCUT2D eigenvalue weighted by atomic mass is 10.0. The highest BCUT2D eigenvalue weighted by Gasteiger charge is 2.43. The first kappa shape index (κ1) is 13.6. The first-order valence-corrected chi connectivity index (χ1v) is 7.52. The van der Waals surface area contributed by atoms with E-state index in [2.05, 4.69) is 35.6 Å². The number of aliphatic carboxylic acids is 1. The third-order valence-electron chi connectivity index (χ3n) is 5.01. The van der Waals surface area contributed by atoms with Crippen molar-refractivity contribution in [1.82, 2.24) is 9.80 Å². The summed E-state index contributed by atoms with van der Waals surface area (Å²) < 4.78 is 0. The van der Waals surface area contributed by atoms with E-state index in [4.69, 9.17) is 0 Å². The van der Waals surface area contributed by atoms with Crippen LogP contribution in [-0.2, 0) is 4.79 Å². The molecule has 0 bridgehead atoms. The standard InChI is InChI=1S/C15H23N3O2/c1-9-10(2)16-11(3)17-8-6-12(14(9)17)18-7-4-5-13(18)15(19)20/h10,12-13H,4-8H2,1-3H3,(H,19,20). The molecule has 20 heavy (non-hydrogen) atoms. The van der Waals surface area contributed by atoms with E-state index in [-0.39, 0.29) is 18.1 Å². The van der Waals surface area contributed by atoms with Crippen molar-refractivity contribution in [2.24, 2.45) is 4.99 Å². The molecule has 0 aromatic carbocycles. The van der Waals surface area contributed by atoms with Crippen LogP contribution in [0.15, 0.2) is 16.3 Å². The minimum atomic E-state index is -0.673. The Morgan fingerprint density at radius 1 is 1.30 bits per heavy atom. The van der Waals surface area contributed by atoms with E-state index < -0.39 is 5.97 Å². The molecule has 0 radical (unpaired) electrons. The molecule has 0 spiro atoms. The Balaban J connectivity index is 1.92. The zero-order chi connectivity index (χ0) is 14.4. The summed E-state index contributed by atoms with van der Waals surface area (Å²) in [5.74, 6) is 0.403. The number of amidine groups is 1. The topological polar surface area (TPSA) is 56.1 Å². The SMILES string of the molecule is CC1=NC(C)C(C)=C2C(N3CCCC3C(=O)O)CCN12. The fraction of sp³-hybridized carbons (Fsp3) is 0.733. The van der Waals surface area contributed by atoms with Crippen LogP contribution in [0, 0.1) is 0 Å². The first-order chi connectivity index (χ1) is 9.50. The predicted octanol–water partition coefficient (Wildman–Crippen LogP) is 1.70. The average molecular weight is 277 g/mol. The van der Waals surface area contributed by atoms with E-state index in [1.807, 2.05) is 0 Å². The van der Waals surface area contributed by atoms with Gasteiger partial charge in [0, 0.05) is 12.2 Å². The predicted molar refractivity (Wildman–Crippen MR) is 77.7 cm³/mol. The number of likely N-dealkylation sites (tertiary alicyclic amines) is 1. The molecule has 0 amide bonds. The maximum atomic E-state index is 11.4. The summed E-state index contributed by atoms with van der Waals surface area (Å²) in [7, 11) is 0. The smallest absolute Gasteiger partial charge is 0.320 e. The van der Waals surface area contributed by atoms with Gasteiger partial charge < -0.3 is 10.0 Å². The molecule has 5 heteroatoms. The van der Waals surface area contributed by atoms with Gasteiger partial charge in [0.15, 0.2) is 0 Å². The Morgan fingerprint density at radius 2 is 2.05 bits per heavy atom. The summed E-state index contributed by atoms with van der Waals surface area (Å²) in [5, 5.41) is 9.41. The molecule has 3 rings (SSSR count). The van der Waals surface area contributed by atoms with Crippen LogP contribution in [0.4, 0.5) is 0 Å². The van der Waals surface area contributed by atoms with Gasteiger partial charge in [-0.05, 0) is 52.2 Å². The summed E-state index contributed by atoms with van der Waals surface area (Å²) in [6.45, 7) is 8.19. The zero-order valence-corrected chi connectivity index (χ0v) is 12.5. The minimum absolute atomic E-state index is 0.215. The number of carbonyl (C=O) groups is 1. The molecule has 0 aromatic rings. The second-order valence-electron chi connectivity index (χ2n) is 6.11. The van der Waals surface area contributed by atoms with Crippen LogP contribution in [-0.4, -0.2) is 57.9 Å². The Kier molecular flexibility index (Phi) is 3.32. The summed E-state index contributed by atoms with van der Waals surface area (Å²) in [6.07, 6.45) is 2.78. The van der Waals surface area contributed by atoms with Crippen molar-refractivity contribution in [1.29, 1.82) is 0 Å². The highest BCUT2D eigenvalue weighted by molar-refractivity contribution is 5.84. The molecular weight excluding hydrogens is 254 g/mol. The molecule has 0 aromatic heterocycles. The highest BCUT2D eigenvalue weighted by atomic mass is 16.4. The third kappa shape index (κ3) is 1.95. The number of aliphatic imine (C=N–C) groups is 1. The fourth-order valence-corrected chi connectivity index (χ4v) is 3.91. The van der Waals surface area contributed by atoms with Gasteiger partial charge in [-0.2, -0.15) is 0 Å². The van der Waals surface area contributed by atoms with Gasteiger partial charge in [-0.3, -0.25) is 14.7 Å². The molecule has 3 heterocycles. The van der Waals surface area contributed by atoms with Crippen molar-refractivity contribution in [2.75, 3.05) is 13.1 Å². The van der Waals surface area contributed by atoms with E-state index in [0.717, 1.165) is 38.2 Å². The Hall–Kier alpha value is -1.36. The van der Waals surface area contributed by atoms with Crippen molar-refractivity contribution in [3.8, 4) is 0 Å². The van der Waals surface area contributed by atoms with Gasteiger partial charge in [0.25, 0.3) is 0 Å². The van der Waals surface area contributed by atoms with Crippen LogP contribution >= 0.6 is 0 Å². The summed E-state index contributed by atoms with van der Waals surface area (Å²) in [5.41, 5.74) is 2.62. The van der Waals surface area contributed by atoms with Gasteiger partial charge in [-0.1, -0.05) is 0 Å². The van der Waals surface area contributed by atoms with Crippen molar-refractivity contribution in [3.05, 3.63) is 11.3 Å². The number of hydrogen-bond acceptors (Lipinski definition) is 4. The molecule has 2 fully saturated rings. The summed E-state index contributed by atoms with van der Waals surface area (Å²) >= 11 is 0. The van der Waals surface area contributed by atoms with Crippen molar-refractivity contribution in [2.45, 2.75) is 58.2 Å². The van der Waals surface area contributed by atoms with Gasteiger partial charge in [-0.25, -0.2) is 0 Å². The lowest BCUT2D eigenvalue weighted by Gasteiger charge is -2.35. The lowest BCUT2D eigenvalue weighted by molar-refractivity contribution is -0.142. The largest absolute Gasteiger partial charge is 0.480 e. The molecule has 5 nitrogen and oxygen atoms in total. The van der Waals surface area contributed by atoms with Crippen molar-refractivity contribution >= 4 is 11.8 Å². The minimum Gasteiger partial charge on any atom is -0.480 e. The van der Waals surface area contributed by atoms with E-state index in [1.54, 1.807) is 0 Å². The zero-order valence-electron chi connectivity index (χ0n) is 12.5. The number of carboxylic acid groups (broad SMARTS) is 1. The van der Waals surface area contributed by atoms with Crippen LogP contribution in [0.25, 0.3) is 0 Å². The quantitative estimate of drug-likeness (QED) is 0.835. The first-order valence-electron chi connectivity index (χ1n) is 7.52. The Bertz CT molecular complexity index is 497. The second kappa shape index (κ2) is 4.88. The normalized spacial score (nSPS) is 34.5. The van der Waals surface area contributed by atoms with Crippen molar-refractivity contribution in [3.63, 3.8) is 0 Å². The maximum absolute atomic E-state index is 11.4. The molecule has 0 aliphatic carbocycles. The van der Waals surface area contributed by atoms with Gasteiger partial charge in [0.2, 0.25) is 0 Å². The van der Waals surface area contributed by atoms with Crippen LogP contribution in [0.1, 0.15) is 40.0 Å². The average Bonchev–Trinajstić information content (AvgIpc) is 3.01. The number of nitrogens with zero attached hydrogens (tertiary/aromatic N) is 3. The molecular formula is C15H23N3O2. The van der Waals surface area contributed by atoms with E-state index >= 15 is 0 Å². The monoisotopic (exact) mass is 277 g/mol. The lowest BCUT2D eigenvalue weighted by Crippen LogP contribution is -2.45. The third-order valence-corrected chi connectivity index (χ3v) is 5.01. The fourth-order valence-electron chi connectivity index (χ4n) is 3.91. The molecule has 3 unspecified atom stereocenters. The second-order valence-corrected chi connectivity index (χ2v) is 6.11. The van der Waals surface area contributed by atoms with Gasteiger partial charge in [0.1, 0.15) is 11.9 Å². The Morgan fingerprint density at radius 3 is 2.75 bits per heavy atom. The van der Waals surface area contributed by atoms with Crippen LogP contribution < -0.4 is 0 Å². The highest BCUT2D eigenvalue weighted by Crippen LogP contribution is 2.37. The molecule has 3 aliphatic rings. The summed E-state index contributed by atoms with van der Waals surface area (Å²) in [4.78, 5) is 20.6. The Labute approximate surface area is 120 Å². The maximum Gasteiger partial charge on any atom is 0.320 e. The van der Waals surface area contributed by atoms with Crippen LogP contribution in [0.5, 0.6) is 0 Å². The molecule has 3 aliphatic heterocycles. The number of rotatable bonds is 2.